The van der Waals surface area contributed by atoms with Gasteiger partial charge in [0.2, 0.25) is 0 Å². The molecule has 248 valence electrons. The molecule has 0 aromatic heterocycles. The summed E-state index contributed by atoms with van der Waals surface area (Å²) < 4.78 is 27.6. The van der Waals surface area contributed by atoms with Crippen molar-refractivity contribution in [3.05, 3.63) is 0 Å². The Hall–Kier alpha value is -0.256. The van der Waals surface area contributed by atoms with Gasteiger partial charge in [-0.1, -0.05) is 68.7 Å². The lowest BCUT2D eigenvalue weighted by Gasteiger charge is -2.54. The van der Waals surface area contributed by atoms with Crippen molar-refractivity contribution in [2.24, 2.45) is 23.2 Å². The molecule has 2 fully saturated rings. The van der Waals surface area contributed by atoms with E-state index in [0.717, 1.165) is 51.6 Å². The van der Waals surface area contributed by atoms with Crippen molar-refractivity contribution >= 4 is 22.6 Å². The van der Waals surface area contributed by atoms with Crippen LogP contribution >= 0.6 is 0 Å². The molecule has 0 aromatic carbocycles. The lowest BCUT2D eigenvalue weighted by Crippen LogP contribution is -2.58. The highest BCUT2D eigenvalue weighted by atomic mass is 28.4. The summed E-state index contributed by atoms with van der Waals surface area (Å²) in [6.07, 6.45) is 7.32. The van der Waals surface area contributed by atoms with Gasteiger partial charge in [0.1, 0.15) is 0 Å². The fraction of sp³-hybridized carbons (Fsp3) is 0.971. The van der Waals surface area contributed by atoms with E-state index in [2.05, 4.69) is 95.0 Å². The number of carboxylic acid groups (broad SMARTS) is 1. The Bertz CT molecular complexity index is 871. The minimum atomic E-state index is -2.11. The largest absolute Gasteiger partial charge is 0.481 e. The summed E-state index contributed by atoms with van der Waals surface area (Å²) in [5, 5.41) is 9.76. The van der Waals surface area contributed by atoms with Crippen molar-refractivity contribution < 1.29 is 28.2 Å². The summed E-state index contributed by atoms with van der Waals surface area (Å²) in [6.45, 7) is 32.5. The third-order valence-corrected chi connectivity index (χ3v) is 15.9. The first-order valence-corrected chi connectivity index (χ1v) is 23.2. The Labute approximate surface area is 261 Å². The number of rotatable bonds is 13. The zero-order valence-electron chi connectivity index (χ0n) is 29.9. The summed E-state index contributed by atoms with van der Waals surface area (Å²) in [6, 6.07) is 0. The van der Waals surface area contributed by atoms with Gasteiger partial charge in [-0.05, 0) is 87.1 Å². The minimum Gasteiger partial charge on any atom is -0.481 e. The Morgan fingerprint density at radius 1 is 1.02 bits per heavy atom. The Morgan fingerprint density at radius 3 is 2.14 bits per heavy atom. The molecule has 6 atom stereocenters. The lowest BCUT2D eigenvalue weighted by molar-refractivity contribution is -0.344. The number of aliphatic carboxylic acids is 1. The van der Waals surface area contributed by atoms with Gasteiger partial charge in [0, 0.05) is 18.8 Å². The fourth-order valence-electron chi connectivity index (χ4n) is 7.04. The summed E-state index contributed by atoms with van der Waals surface area (Å²) in [5.74, 6) is 0.218. The third-order valence-electron chi connectivity index (χ3n) is 10.3. The van der Waals surface area contributed by atoms with Gasteiger partial charge in [-0.25, -0.2) is 0 Å². The molecule has 0 amide bonds. The van der Waals surface area contributed by atoms with E-state index in [-0.39, 0.29) is 34.7 Å². The Morgan fingerprint density at radius 2 is 1.64 bits per heavy atom. The van der Waals surface area contributed by atoms with E-state index in [1.54, 1.807) is 0 Å². The summed E-state index contributed by atoms with van der Waals surface area (Å²) in [7, 11) is -4.06. The molecule has 2 rings (SSSR count). The second-order valence-electron chi connectivity index (χ2n) is 17.6. The van der Waals surface area contributed by atoms with Crippen molar-refractivity contribution in [3.8, 4) is 0 Å². The van der Waals surface area contributed by atoms with Crippen molar-refractivity contribution in [1.82, 2.24) is 0 Å². The van der Waals surface area contributed by atoms with Crippen LogP contribution in [0.1, 0.15) is 120 Å². The van der Waals surface area contributed by atoms with E-state index in [1.165, 1.54) is 6.42 Å². The van der Waals surface area contributed by atoms with Gasteiger partial charge in [-0.15, -0.1) is 0 Å². The lowest BCUT2D eigenvalue weighted by atomic mass is 9.69. The maximum absolute atomic E-state index is 11.8. The molecule has 1 heterocycles. The SMILES string of the molecule is CC(C)[C@@H]1CC[C@@H](C)C[C@@]12OCC[C@@H](C[C@](CCC[C@H](CC(=O)O)O[Si](C)(C)C(C)(C)C)(O[Si](C)(C)C)C(C)(C)C)O2. The second-order valence-corrected chi connectivity index (χ2v) is 26.8. The van der Waals surface area contributed by atoms with Crippen LogP contribution in [0.2, 0.25) is 37.8 Å². The van der Waals surface area contributed by atoms with Gasteiger partial charge in [0.25, 0.3) is 0 Å². The quantitative estimate of drug-likeness (QED) is 0.205. The molecule has 1 aliphatic carbocycles. The summed E-state index contributed by atoms with van der Waals surface area (Å²) in [4.78, 5) is 11.8. The van der Waals surface area contributed by atoms with Crippen LogP contribution in [0.4, 0.5) is 0 Å². The highest BCUT2D eigenvalue weighted by Gasteiger charge is 2.53. The van der Waals surface area contributed by atoms with Gasteiger partial charge < -0.3 is 23.4 Å². The molecule has 0 radical (unpaired) electrons. The smallest absolute Gasteiger partial charge is 0.305 e. The molecule has 2 aliphatic rings. The van der Waals surface area contributed by atoms with E-state index in [0.29, 0.717) is 17.8 Å². The Kier molecular flexibility index (Phi) is 12.7. The number of carboxylic acids is 1. The molecule has 42 heavy (non-hydrogen) atoms. The topological polar surface area (TPSA) is 74.2 Å². The van der Waals surface area contributed by atoms with E-state index < -0.39 is 28.4 Å². The van der Waals surface area contributed by atoms with E-state index in [9.17, 15) is 9.90 Å². The van der Waals surface area contributed by atoms with Gasteiger partial charge in [0.05, 0.1) is 30.8 Å². The Balaban J connectivity index is 2.35. The maximum atomic E-state index is 11.8. The zero-order chi connectivity index (χ0) is 32.4. The van der Waals surface area contributed by atoms with Gasteiger partial charge >= 0.3 is 5.97 Å². The second kappa shape index (κ2) is 14.0. The van der Waals surface area contributed by atoms with E-state index >= 15 is 0 Å². The maximum Gasteiger partial charge on any atom is 0.305 e. The molecular formula is C34H68O6Si2. The molecule has 0 bridgehead atoms. The fourth-order valence-corrected chi connectivity index (χ4v) is 10.1. The highest BCUT2D eigenvalue weighted by molar-refractivity contribution is 6.74. The van der Waals surface area contributed by atoms with Crippen molar-refractivity contribution in [3.63, 3.8) is 0 Å². The van der Waals surface area contributed by atoms with Gasteiger partial charge in [-0.2, -0.15) is 0 Å². The van der Waals surface area contributed by atoms with Crippen LogP contribution in [-0.2, 0) is 23.1 Å². The van der Waals surface area contributed by atoms with Crippen LogP contribution in [0.15, 0.2) is 0 Å². The predicted molar refractivity (Wildman–Crippen MR) is 179 cm³/mol. The summed E-state index contributed by atoms with van der Waals surface area (Å²) in [5.41, 5.74) is -0.513. The van der Waals surface area contributed by atoms with Crippen LogP contribution < -0.4 is 0 Å². The van der Waals surface area contributed by atoms with Crippen molar-refractivity contribution in [2.75, 3.05) is 6.61 Å². The van der Waals surface area contributed by atoms with Gasteiger partial charge in [-0.3, -0.25) is 4.79 Å². The molecule has 1 N–H and O–H groups in total. The highest BCUT2D eigenvalue weighted by Crippen LogP contribution is 2.50. The number of ether oxygens (including phenoxy) is 2. The molecule has 8 heteroatoms. The number of hydrogen-bond acceptors (Lipinski definition) is 5. The van der Waals surface area contributed by atoms with Gasteiger partial charge in [0.15, 0.2) is 22.4 Å². The molecular weight excluding hydrogens is 561 g/mol. The standard InChI is InChI=1S/C34H68O6Si2/c1-25(2)29-18-17-26(3)23-34(29)37-21-19-28(38-34)24-33(31(4,5)6,40-41(10,11)12)20-15-16-27(22-30(35)36)39-42(13,14)32(7,8)9/h25-29H,15-24H2,1-14H3,(H,35,36)/t26-,27-,28+,29+,33+,34+/m1/s1. The zero-order valence-corrected chi connectivity index (χ0v) is 31.9. The van der Waals surface area contributed by atoms with Crippen molar-refractivity contribution in [2.45, 2.75) is 181 Å². The number of carbonyl (C=O) groups is 1. The first-order valence-electron chi connectivity index (χ1n) is 16.8. The molecule has 1 saturated carbocycles. The molecule has 0 unspecified atom stereocenters. The van der Waals surface area contributed by atoms with Crippen molar-refractivity contribution in [1.29, 1.82) is 0 Å². The van der Waals surface area contributed by atoms with Crippen LogP contribution in [0.5, 0.6) is 0 Å². The third kappa shape index (κ3) is 10.1. The molecule has 1 saturated heterocycles. The molecule has 1 aliphatic heterocycles. The van der Waals surface area contributed by atoms with Crippen LogP contribution in [0, 0.1) is 23.2 Å². The average Bonchev–Trinajstić information content (AvgIpc) is 2.75. The van der Waals surface area contributed by atoms with E-state index in [1.807, 2.05) is 0 Å². The number of hydrogen-bond donors (Lipinski definition) is 1. The predicted octanol–water partition coefficient (Wildman–Crippen LogP) is 9.64. The first kappa shape index (κ1) is 37.9. The molecule has 6 nitrogen and oxygen atoms in total. The van der Waals surface area contributed by atoms with Crippen LogP contribution in [0.3, 0.4) is 0 Å². The molecule has 1 spiro atoms. The monoisotopic (exact) mass is 628 g/mol. The van der Waals surface area contributed by atoms with Crippen LogP contribution in [0.25, 0.3) is 0 Å². The average molecular weight is 629 g/mol. The first-order chi connectivity index (χ1) is 18.9. The molecule has 0 aromatic rings. The normalized spacial score (nSPS) is 28.6. The summed E-state index contributed by atoms with van der Waals surface area (Å²) >= 11 is 0. The van der Waals surface area contributed by atoms with E-state index in [4.69, 9.17) is 18.3 Å². The van der Waals surface area contributed by atoms with Crippen LogP contribution in [-0.4, -0.2) is 57.9 Å². The minimum absolute atomic E-state index is 0.0285.